The molecule has 88 valence electrons. The highest BCUT2D eigenvalue weighted by atomic mass is 35.5. The molecular formula is C9H16ClNO3S. The highest BCUT2D eigenvalue weighted by Crippen LogP contribution is 2.23. The van der Waals surface area contributed by atoms with Gasteiger partial charge in [-0.2, -0.15) is 0 Å². The predicted octanol–water partition coefficient (Wildman–Crippen LogP) is 0.555. The lowest BCUT2D eigenvalue weighted by molar-refractivity contribution is -0.125. The molecule has 1 aliphatic rings. The first-order chi connectivity index (χ1) is 6.78. The topological polar surface area (TPSA) is 63.2 Å². The first-order valence-electron chi connectivity index (χ1n) is 4.86. The number of nitrogens with one attached hydrogen (secondary N) is 1. The Hall–Kier alpha value is -0.290. The maximum absolute atomic E-state index is 11.6. The molecule has 0 spiro atoms. The summed E-state index contributed by atoms with van der Waals surface area (Å²) in [5, 5.41) is 2.76. The molecule has 1 amide bonds. The largest absolute Gasteiger partial charge is 0.350 e. The van der Waals surface area contributed by atoms with Crippen molar-refractivity contribution >= 4 is 27.3 Å². The van der Waals surface area contributed by atoms with Crippen LogP contribution in [0.1, 0.15) is 20.3 Å². The van der Waals surface area contributed by atoms with Crippen molar-refractivity contribution in [1.82, 2.24) is 5.32 Å². The van der Waals surface area contributed by atoms with Gasteiger partial charge in [0, 0.05) is 11.8 Å². The van der Waals surface area contributed by atoms with Gasteiger partial charge in [-0.15, -0.1) is 11.6 Å². The van der Waals surface area contributed by atoms with Crippen molar-refractivity contribution in [2.24, 2.45) is 5.92 Å². The molecule has 0 aromatic carbocycles. The maximum atomic E-state index is 11.6. The van der Waals surface area contributed by atoms with E-state index in [0.717, 1.165) is 0 Å². The Balaban J connectivity index is 2.63. The molecule has 0 aromatic rings. The average Bonchev–Trinajstić information content (AvgIpc) is 2.39. The highest BCUT2D eigenvalue weighted by Gasteiger charge is 2.39. The fourth-order valence-electron chi connectivity index (χ4n) is 1.60. The third-order valence-corrected chi connectivity index (χ3v) is 4.97. The quantitative estimate of drug-likeness (QED) is 0.748. The van der Waals surface area contributed by atoms with Crippen molar-refractivity contribution in [3.63, 3.8) is 0 Å². The van der Waals surface area contributed by atoms with Crippen LogP contribution in [0.3, 0.4) is 0 Å². The van der Waals surface area contributed by atoms with Gasteiger partial charge < -0.3 is 5.32 Å². The summed E-state index contributed by atoms with van der Waals surface area (Å²) in [5.74, 6) is -0.0366. The fraction of sp³-hybridized carbons (Fsp3) is 0.889. The number of hydrogen-bond acceptors (Lipinski definition) is 3. The lowest BCUT2D eigenvalue weighted by atomic mass is 10.0. The SMILES string of the molecule is CC(CCl)C(=O)NC1(C)CCS(=O)(=O)C1. The van der Waals surface area contributed by atoms with Crippen LogP contribution in [0, 0.1) is 5.92 Å². The minimum Gasteiger partial charge on any atom is -0.350 e. The minimum atomic E-state index is -2.98. The smallest absolute Gasteiger partial charge is 0.224 e. The van der Waals surface area contributed by atoms with Crippen LogP contribution in [-0.4, -0.2) is 37.2 Å². The van der Waals surface area contributed by atoms with Crippen molar-refractivity contribution in [2.45, 2.75) is 25.8 Å². The summed E-state index contributed by atoms with van der Waals surface area (Å²) in [5.41, 5.74) is -0.615. The van der Waals surface area contributed by atoms with Gasteiger partial charge in [0.05, 0.1) is 17.0 Å². The molecule has 2 atom stereocenters. The van der Waals surface area contributed by atoms with E-state index in [1.54, 1.807) is 13.8 Å². The van der Waals surface area contributed by atoms with Crippen LogP contribution in [0.2, 0.25) is 0 Å². The molecule has 0 saturated carbocycles. The summed E-state index contributed by atoms with van der Waals surface area (Å²) in [4.78, 5) is 11.6. The number of alkyl halides is 1. The van der Waals surface area contributed by atoms with E-state index < -0.39 is 15.4 Å². The number of halogens is 1. The molecule has 1 N–H and O–H groups in total. The Bertz CT molecular complexity index is 354. The molecule has 1 fully saturated rings. The number of carbonyl (C=O) groups is 1. The fourth-order valence-corrected chi connectivity index (χ4v) is 3.83. The lowest BCUT2D eigenvalue weighted by Crippen LogP contribution is -2.49. The first-order valence-corrected chi connectivity index (χ1v) is 7.22. The Kier molecular flexibility index (Phi) is 3.66. The molecule has 2 unspecified atom stereocenters. The minimum absolute atomic E-state index is 0.0285. The molecule has 1 saturated heterocycles. The second-order valence-corrected chi connectivity index (χ2v) is 6.94. The zero-order valence-electron chi connectivity index (χ0n) is 8.92. The molecule has 0 aliphatic carbocycles. The number of sulfone groups is 1. The summed E-state index contributed by atoms with van der Waals surface area (Å²) in [7, 11) is -2.98. The standard InChI is InChI=1S/C9H16ClNO3S/c1-7(5-10)8(12)11-9(2)3-4-15(13,14)6-9/h7H,3-6H2,1-2H3,(H,11,12). The van der Waals surface area contributed by atoms with Gasteiger partial charge in [0.25, 0.3) is 0 Å². The zero-order valence-corrected chi connectivity index (χ0v) is 10.5. The monoisotopic (exact) mass is 253 g/mol. The van der Waals surface area contributed by atoms with Gasteiger partial charge in [-0.1, -0.05) is 6.92 Å². The molecule has 4 nitrogen and oxygen atoms in total. The summed E-state index contributed by atoms with van der Waals surface area (Å²) in [6.45, 7) is 3.48. The van der Waals surface area contributed by atoms with E-state index in [9.17, 15) is 13.2 Å². The predicted molar refractivity (Wildman–Crippen MR) is 59.7 cm³/mol. The van der Waals surface area contributed by atoms with Crippen LogP contribution in [0.25, 0.3) is 0 Å². The van der Waals surface area contributed by atoms with Crippen molar-refractivity contribution in [2.75, 3.05) is 17.4 Å². The average molecular weight is 254 g/mol. The highest BCUT2D eigenvalue weighted by molar-refractivity contribution is 7.91. The van der Waals surface area contributed by atoms with Crippen LogP contribution < -0.4 is 5.32 Å². The molecular weight excluding hydrogens is 238 g/mol. The lowest BCUT2D eigenvalue weighted by Gasteiger charge is -2.25. The van der Waals surface area contributed by atoms with Gasteiger partial charge in [-0.05, 0) is 13.3 Å². The van der Waals surface area contributed by atoms with Crippen molar-refractivity contribution < 1.29 is 13.2 Å². The van der Waals surface area contributed by atoms with Crippen LogP contribution in [0.5, 0.6) is 0 Å². The van der Waals surface area contributed by atoms with Crippen molar-refractivity contribution in [1.29, 1.82) is 0 Å². The van der Waals surface area contributed by atoms with E-state index in [-0.39, 0.29) is 29.2 Å². The van der Waals surface area contributed by atoms with E-state index in [1.807, 2.05) is 0 Å². The molecule has 15 heavy (non-hydrogen) atoms. The molecule has 1 aliphatic heterocycles. The third-order valence-electron chi connectivity index (χ3n) is 2.61. The van der Waals surface area contributed by atoms with Gasteiger partial charge in [0.15, 0.2) is 9.84 Å². The van der Waals surface area contributed by atoms with Gasteiger partial charge >= 0.3 is 0 Å². The summed E-state index contributed by atoms with van der Waals surface area (Å²) < 4.78 is 22.6. The van der Waals surface area contributed by atoms with E-state index in [1.165, 1.54) is 0 Å². The van der Waals surface area contributed by atoms with E-state index in [4.69, 9.17) is 11.6 Å². The Morgan fingerprint density at radius 3 is 2.60 bits per heavy atom. The molecule has 0 aromatic heterocycles. The summed E-state index contributed by atoms with van der Waals surface area (Å²) >= 11 is 5.55. The summed E-state index contributed by atoms with van der Waals surface area (Å²) in [6.07, 6.45) is 0.482. The molecule has 6 heteroatoms. The normalized spacial score (nSPS) is 31.1. The number of rotatable bonds is 3. The first kappa shape index (κ1) is 12.8. The van der Waals surface area contributed by atoms with Gasteiger partial charge in [-0.25, -0.2) is 8.42 Å². The van der Waals surface area contributed by atoms with Gasteiger partial charge in [-0.3, -0.25) is 4.79 Å². The molecule has 1 rings (SSSR count). The second kappa shape index (κ2) is 4.29. The Morgan fingerprint density at radius 1 is 1.60 bits per heavy atom. The van der Waals surface area contributed by atoms with Crippen LogP contribution >= 0.6 is 11.6 Å². The Morgan fingerprint density at radius 2 is 2.20 bits per heavy atom. The summed E-state index contributed by atoms with van der Waals surface area (Å²) in [6, 6.07) is 0. The molecule has 0 bridgehead atoms. The number of carbonyl (C=O) groups excluding carboxylic acids is 1. The molecule has 0 radical (unpaired) electrons. The number of hydrogen-bond donors (Lipinski definition) is 1. The van der Waals surface area contributed by atoms with Crippen molar-refractivity contribution in [3.8, 4) is 0 Å². The Labute approximate surface area is 95.3 Å². The maximum Gasteiger partial charge on any atom is 0.224 e. The van der Waals surface area contributed by atoms with E-state index in [2.05, 4.69) is 5.32 Å². The van der Waals surface area contributed by atoms with Crippen LogP contribution in [-0.2, 0) is 14.6 Å². The number of amides is 1. The van der Waals surface area contributed by atoms with Crippen LogP contribution in [0.4, 0.5) is 0 Å². The third kappa shape index (κ3) is 3.34. The van der Waals surface area contributed by atoms with E-state index >= 15 is 0 Å². The molecule has 1 heterocycles. The van der Waals surface area contributed by atoms with Crippen molar-refractivity contribution in [3.05, 3.63) is 0 Å². The van der Waals surface area contributed by atoms with Gasteiger partial charge in [0.1, 0.15) is 0 Å². The zero-order chi connectivity index (χ0) is 11.7. The van der Waals surface area contributed by atoms with Crippen LogP contribution in [0.15, 0.2) is 0 Å². The second-order valence-electron chi connectivity index (χ2n) is 4.45. The van der Waals surface area contributed by atoms with E-state index in [0.29, 0.717) is 6.42 Å². The van der Waals surface area contributed by atoms with Gasteiger partial charge in [0.2, 0.25) is 5.91 Å².